The van der Waals surface area contributed by atoms with E-state index < -0.39 is 0 Å². The summed E-state index contributed by atoms with van der Waals surface area (Å²) in [5, 5.41) is 0.706. The van der Waals surface area contributed by atoms with E-state index in [-0.39, 0.29) is 5.91 Å². The van der Waals surface area contributed by atoms with E-state index in [9.17, 15) is 4.79 Å². The standard InChI is InChI=1S/C25H28ClN3O/c1-17-14-24(18(2)29(17)23-8-6-22(26)7-9-23)25(30)28-12-10-20(11-13-28)21-5-3-4-19(15-21)16-27/h3-9,14-15,20H,10-13,16,27H2,1-2H3. The Balaban J connectivity index is 1.49. The monoisotopic (exact) mass is 421 g/mol. The van der Waals surface area contributed by atoms with Crippen molar-refractivity contribution in [2.75, 3.05) is 13.1 Å². The highest BCUT2D eigenvalue weighted by atomic mass is 35.5. The van der Waals surface area contributed by atoms with E-state index >= 15 is 0 Å². The minimum Gasteiger partial charge on any atom is -0.339 e. The number of aryl methyl sites for hydroxylation is 1. The van der Waals surface area contributed by atoms with Gasteiger partial charge in [-0.3, -0.25) is 4.79 Å². The van der Waals surface area contributed by atoms with Gasteiger partial charge in [0.2, 0.25) is 0 Å². The van der Waals surface area contributed by atoms with Gasteiger partial charge in [0.1, 0.15) is 0 Å². The van der Waals surface area contributed by atoms with Crippen LogP contribution in [0.2, 0.25) is 5.02 Å². The minimum atomic E-state index is 0.123. The number of rotatable bonds is 4. The highest BCUT2D eigenvalue weighted by molar-refractivity contribution is 6.30. The maximum atomic E-state index is 13.3. The van der Waals surface area contributed by atoms with E-state index in [0.29, 0.717) is 17.5 Å². The molecular weight excluding hydrogens is 394 g/mol. The van der Waals surface area contributed by atoms with Gasteiger partial charge in [0.25, 0.3) is 5.91 Å². The molecule has 0 saturated carbocycles. The average molecular weight is 422 g/mol. The summed E-state index contributed by atoms with van der Waals surface area (Å²) in [7, 11) is 0. The molecule has 5 heteroatoms. The SMILES string of the molecule is Cc1cc(C(=O)N2CCC(c3cccc(CN)c3)CC2)c(C)n1-c1ccc(Cl)cc1. The molecule has 4 rings (SSSR count). The maximum Gasteiger partial charge on any atom is 0.255 e. The lowest BCUT2D eigenvalue weighted by Gasteiger charge is -2.32. The molecule has 2 aromatic carbocycles. The van der Waals surface area contributed by atoms with Gasteiger partial charge in [0, 0.05) is 41.7 Å². The van der Waals surface area contributed by atoms with Gasteiger partial charge in [0.05, 0.1) is 5.56 Å². The molecule has 1 saturated heterocycles. The first-order valence-electron chi connectivity index (χ1n) is 10.5. The second kappa shape index (κ2) is 8.66. The molecule has 2 heterocycles. The first kappa shape index (κ1) is 20.7. The van der Waals surface area contributed by atoms with Crippen molar-refractivity contribution in [3.63, 3.8) is 0 Å². The van der Waals surface area contributed by atoms with Gasteiger partial charge in [-0.2, -0.15) is 0 Å². The van der Waals surface area contributed by atoms with E-state index in [2.05, 4.69) is 28.8 Å². The first-order valence-corrected chi connectivity index (χ1v) is 10.9. The van der Waals surface area contributed by atoms with Crippen LogP contribution in [0.4, 0.5) is 0 Å². The fourth-order valence-corrected chi connectivity index (χ4v) is 4.65. The number of benzene rings is 2. The molecule has 0 spiro atoms. The smallest absolute Gasteiger partial charge is 0.255 e. The van der Waals surface area contributed by atoms with Crippen molar-refractivity contribution in [2.24, 2.45) is 5.73 Å². The van der Waals surface area contributed by atoms with Gasteiger partial charge in [-0.15, -0.1) is 0 Å². The minimum absolute atomic E-state index is 0.123. The topological polar surface area (TPSA) is 51.3 Å². The number of hydrogen-bond acceptors (Lipinski definition) is 2. The third-order valence-corrected chi connectivity index (χ3v) is 6.44. The second-order valence-electron chi connectivity index (χ2n) is 8.11. The quantitative estimate of drug-likeness (QED) is 0.627. The lowest BCUT2D eigenvalue weighted by molar-refractivity contribution is 0.0712. The number of aromatic nitrogens is 1. The van der Waals surface area contributed by atoms with Gasteiger partial charge in [-0.05, 0) is 74.1 Å². The zero-order valence-electron chi connectivity index (χ0n) is 17.6. The molecule has 1 amide bonds. The van der Waals surface area contributed by atoms with E-state index in [4.69, 9.17) is 17.3 Å². The number of hydrogen-bond donors (Lipinski definition) is 1. The van der Waals surface area contributed by atoms with Crippen LogP contribution in [0.25, 0.3) is 5.69 Å². The molecule has 3 aromatic rings. The van der Waals surface area contributed by atoms with Gasteiger partial charge in [0.15, 0.2) is 0 Å². The molecular formula is C25H28ClN3O. The zero-order valence-corrected chi connectivity index (χ0v) is 18.3. The summed E-state index contributed by atoms with van der Waals surface area (Å²) in [4.78, 5) is 15.3. The number of nitrogens with zero attached hydrogens (tertiary/aromatic N) is 2. The molecule has 0 bridgehead atoms. The van der Waals surface area contributed by atoms with E-state index in [1.54, 1.807) is 0 Å². The number of carbonyl (C=O) groups excluding carboxylic acids is 1. The van der Waals surface area contributed by atoms with Gasteiger partial charge >= 0.3 is 0 Å². The highest BCUT2D eigenvalue weighted by Crippen LogP contribution is 2.30. The molecule has 1 aliphatic rings. The van der Waals surface area contributed by atoms with Crippen LogP contribution >= 0.6 is 11.6 Å². The van der Waals surface area contributed by atoms with E-state index in [0.717, 1.165) is 48.6 Å². The summed E-state index contributed by atoms with van der Waals surface area (Å²) in [6.45, 7) is 6.17. The summed E-state index contributed by atoms with van der Waals surface area (Å²) in [5.41, 5.74) is 12.1. The lowest BCUT2D eigenvalue weighted by Crippen LogP contribution is -2.38. The third kappa shape index (κ3) is 4.03. The van der Waals surface area contributed by atoms with Crippen LogP contribution in [0, 0.1) is 13.8 Å². The van der Waals surface area contributed by atoms with Gasteiger partial charge in [-0.1, -0.05) is 35.9 Å². The molecule has 1 fully saturated rings. The van der Waals surface area contributed by atoms with Crippen LogP contribution < -0.4 is 5.73 Å². The average Bonchev–Trinajstić information content (AvgIpc) is 3.08. The Bertz CT molecular complexity index is 1050. The van der Waals surface area contributed by atoms with Crippen LogP contribution in [0.1, 0.15) is 51.6 Å². The van der Waals surface area contributed by atoms with Crippen molar-refractivity contribution in [2.45, 2.75) is 39.2 Å². The number of carbonyl (C=O) groups is 1. The van der Waals surface area contributed by atoms with Crippen LogP contribution in [0.15, 0.2) is 54.6 Å². The van der Waals surface area contributed by atoms with Crippen LogP contribution in [-0.2, 0) is 6.54 Å². The Morgan fingerprint density at radius 1 is 1.07 bits per heavy atom. The third-order valence-electron chi connectivity index (χ3n) is 6.19. The number of nitrogens with two attached hydrogens (primary N) is 1. The Morgan fingerprint density at radius 3 is 2.43 bits per heavy atom. The van der Waals surface area contributed by atoms with Crippen LogP contribution in [0.3, 0.4) is 0 Å². The maximum absolute atomic E-state index is 13.3. The Morgan fingerprint density at radius 2 is 1.77 bits per heavy atom. The van der Waals surface area contributed by atoms with Crippen molar-refractivity contribution < 1.29 is 4.79 Å². The molecule has 1 aromatic heterocycles. The van der Waals surface area contributed by atoms with Crippen molar-refractivity contribution in [1.82, 2.24) is 9.47 Å². The number of likely N-dealkylation sites (tertiary alicyclic amines) is 1. The molecule has 2 N–H and O–H groups in total. The molecule has 30 heavy (non-hydrogen) atoms. The van der Waals surface area contributed by atoms with Crippen LogP contribution in [0.5, 0.6) is 0 Å². The normalized spacial score (nSPS) is 14.9. The Hall–Kier alpha value is -2.56. The number of amides is 1. The zero-order chi connectivity index (χ0) is 21.3. The lowest BCUT2D eigenvalue weighted by atomic mass is 9.88. The van der Waals surface area contributed by atoms with Gasteiger partial charge in [-0.25, -0.2) is 0 Å². The molecule has 0 atom stereocenters. The summed E-state index contributed by atoms with van der Waals surface area (Å²) >= 11 is 6.03. The summed E-state index contributed by atoms with van der Waals surface area (Å²) in [6, 6.07) is 18.3. The number of piperidine rings is 1. The first-order chi connectivity index (χ1) is 14.5. The van der Waals surface area contributed by atoms with Gasteiger partial charge < -0.3 is 15.2 Å². The highest BCUT2D eigenvalue weighted by Gasteiger charge is 2.27. The summed E-state index contributed by atoms with van der Waals surface area (Å²) in [6.07, 6.45) is 1.96. The fraction of sp³-hybridized carbons (Fsp3) is 0.320. The summed E-state index contributed by atoms with van der Waals surface area (Å²) in [5.74, 6) is 0.611. The molecule has 0 radical (unpaired) electrons. The largest absolute Gasteiger partial charge is 0.339 e. The Kier molecular flexibility index (Phi) is 5.98. The second-order valence-corrected chi connectivity index (χ2v) is 8.55. The molecule has 0 aliphatic carbocycles. The Labute approximate surface area is 183 Å². The van der Waals surface area contributed by atoms with Crippen molar-refractivity contribution >= 4 is 17.5 Å². The summed E-state index contributed by atoms with van der Waals surface area (Å²) < 4.78 is 2.12. The van der Waals surface area contributed by atoms with Crippen molar-refractivity contribution in [3.05, 3.63) is 87.7 Å². The number of halogens is 1. The fourth-order valence-electron chi connectivity index (χ4n) is 4.53. The predicted octanol–water partition coefficient (Wildman–Crippen LogP) is 5.23. The predicted molar refractivity (Wildman–Crippen MR) is 122 cm³/mol. The van der Waals surface area contributed by atoms with E-state index in [1.807, 2.05) is 49.1 Å². The van der Waals surface area contributed by atoms with E-state index in [1.165, 1.54) is 11.1 Å². The molecule has 0 unspecified atom stereocenters. The van der Waals surface area contributed by atoms with Crippen LogP contribution in [-0.4, -0.2) is 28.5 Å². The molecule has 156 valence electrons. The van der Waals surface area contributed by atoms with Crippen molar-refractivity contribution in [1.29, 1.82) is 0 Å². The van der Waals surface area contributed by atoms with Crippen molar-refractivity contribution in [3.8, 4) is 5.69 Å². The molecule has 1 aliphatic heterocycles. The molecule has 4 nitrogen and oxygen atoms in total.